The molecule has 0 atom stereocenters. The van der Waals surface area contributed by atoms with Crippen molar-refractivity contribution in [3.05, 3.63) is 65.2 Å². The Labute approximate surface area is 121 Å². The van der Waals surface area contributed by atoms with Crippen molar-refractivity contribution in [2.24, 2.45) is 0 Å². The number of aliphatic hydroxyl groups excluding tert-OH is 1. The predicted octanol–water partition coefficient (Wildman–Crippen LogP) is 4.22. The maximum Gasteiger partial charge on any atom is 0.121 e. The maximum atomic E-state index is 9.62. The first-order chi connectivity index (χ1) is 9.69. The largest absolute Gasteiger partial charge is 0.507 e. The SMILES string of the molecule is CCCCc1cccc(C)c1O.OCc1ccccc1. The monoisotopic (exact) mass is 272 g/mol. The van der Waals surface area contributed by atoms with E-state index in [0.717, 1.165) is 29.5 Å². The fourth-order valence-corrected chi connectivity index (χ4v) is 1.87. The first-order valence-corrected chi connectivity index (χ1v) is 7.11. The van der Waals surface area contributed by atoms with Gasteiger partial charge in [0, 0.05) is 0 Å². The maximum absolute atomic E-state index is 9.62. The zero-order valence-electron chi connectivity index (χ0n) is 12.3. The Kier molecular flexibility index (Phi) is 7.44. The number of aromatic hydroxyl groups is 1. The summed E-state index contributed by atoms with van der Waals surface area (Å²) in [5.74, 6) is 0.478. The number of para-hydroxylation sites is 1. The van der Waals surface area contributed by atoms with Crippen LogP contribution in [0.25, 0.3) is 0 Å². The highest BCUT2D eigenvalue weighted by molar-refractivity contribution is 5.39. The zero-order valence-corrected chi connectivity index (χ0v) is 12.3. The number of phenols is 1. The zero-order chi connectivity index (χ0) is 14.8. The standard InChI is InChI=1S/C11H16O.C7H8O/c1-3-4-7-10-8-5-6-9(2)11(10)12;8-6-7-4-2-1-3-5-7/h5-6,8,12H,3-4,7H2,1-2H3;1-5,8H,6H2. The molecule has 2 rings (SSSR count). The minimum absolute atomic E-state index is 0.140. The molecule has 0 amide bonds. The third-order valence-corrected chi connectivity index (χ3v) is 3.15. The van der Waals surface area contributed by atoms with Crippen molar-refractivity contribution >= 4 is 0 Å². The van der Waals surface area contributed by atoms with Crippen LogP contribution in [0.1, 0.15) is 36.5 Å². The second-order valence-corrected chi connectivity index (χ2v) is 4.83. The van der Waals surface area contributed by atoms with Gasteiger partial charge in [-0.25, -0.2) is 0 Å². The Morgan fingerprint density at radius 1 is 0.950 bits per heavy atom. The van der Waals surface area contributed by atoms with Crippen molar-refractivity contribution in [2.75, 3.05) is 0 Å². The number of aliphatic hydroxyl groups is 1. The fourth-order valence-electron chi connectivity index (χ4n) is 1.87. The third-order valence-electron chi connectivity index (χ3n) is 3.15. The molecule has 2 aromatic carbocycles. The number of benzene rings is 2. The summed E-state index contributed by atoms with van der Waals surface area (Å²) in [5, 5.41) is 18.2. The van der Waals surface area contributed by atoms with E-state index in [1.54, 1.807) is 0 Å². The van der Waals surface area contributed by atoms with E-state index in [1.807, 2.05) is 55.5 Å². The summed E-state index contributed by atoms with van der Waals surface area (Å²) in [6.07, 6.45) is 3.31. The number of hydrogen-bond acceptors (Lipinski definition) is 2. The molecule has 0 aromatic heterocycles. The van der Waals surface area contributed by atoms with Gasteiger partial charge >= 0.3 is 0 Å². The summed E-state index contributed by atoms with van der Waals surface area (Å²) >= 11 is 0. The van der Waals surface area contributed by atoms with Crippen molar-refractivity contribution < 1.29 is 10.2 Å². The number of rotatable bonds is 4. The molecular formula is C18H24O2. The molecule has 0 bridgehead atoms. The van der Waals surface area contributed by atoms with Gasteiger partial charge in [0.15, 0.2) is 0 Å². The first-order valence-electron chi connectivity index (χ1n) is 7.11. The molecular weight excluding hydrogens is 248 g/mol. The second kappa shape index (κ2) is 9.16. The van der Waals surface area contributed by atoms with Crippen LogP contribution in [-0.4, -0.2) is 10.2 Å². The Morgan fingerprint density at radius 2 is 1.65 bits per heavy atom. The van der Waals surface area contributed by atoms with Crippen LogP contribution >= 0.6 is 0 Å². The Hall–Kier alpha value is -1.80. The van der Waals surface area contributed by atoms with Gasteiger partial charge in [0.25, 0.3) is 0 Å². The molecule has 0 saturated heterocycles. The normalized spacial score (nSPS) is 9.75. The van der Waals surface area contributed by atoms with Gasteiger partial charge in [-0.2, -0.15) is 0 Å². The molecule has 0 spiro atoms. The van der Waals surface area contributed by atoms with E-state index >= 15 is 0 Å². The van der Waals surface area contributed by atoms with Crippen LogP contribution in [0.3, 0.4) is 0 Å². The second-order valence-electron chi connectivity index (χ2n) is 4.83. The quantitative estimate of drug-likeness (QED) is 0.874. The van der Waals surface area contributed by atoms with Gasteiger partial charge in [-0.3, -0.25) is 0 Å². The number of unbranched alkanes of at least 4 members (excludes halogenated alkanes) is 1. The molecule has 2 N–H and O–H groups in total. The molecule has 108 valence electrons. The van der Waals surface area contributed by atoms with Crippen molar-refractivity contribution in [2.45, 2.75) is 39.7 Å². The van der Waals surface area contributed by atoms with E-state index in [9.17, 15) is 5.11 Å². The van der Waals surface area contributed by atoms with Gasteiger partial charge in [-0.05, 0) is 36.5 Å². The van der Waals surface area contributed by atoms with E-state index in [0.29, 0.717) is 5.75 Å². The molecule has 0 heterocycles. The Balaban J connectivity index is 0.000000217. The molecule has 0 aliphatic rings. The van der Waals surface area contributed by atoms with Crippen LogP contribution in [-0.2, 0) is 13.0 Å². The molecule has 2 aromatic rings. The van der Waals surface area contributed by atoms with Crippen LogP contribution in [0.5, 0.6) is 5.75 Å². The van der Waals surface area contributed by atoms with Gasteiger partial charge in [-0.15, -0.1) is 0 Å². The summed E-state index contributed by atoms with van der Waals surface area (Å²) in [5.41, 5.74) is 3.02. The van der Waals surface area contributed by atoms with Gasteiger partial charge in [0.05, 0.1) is 6.61 Å². The van der Waals surface area contributed by atoms with E-state index in [-0.39, 0.29) is 6.61 Å². The molecule has 0 aliphatic carbocycles. The molecule has 0 fully saturated rings. The smallest absolute Gasteiger partial charge is 0.121 e. The molecule has 0 aliphatic heterocycles. The average molecular weight is 272 g/mol. The minimum Gasteiger partial charge on any atom is -0.507 e. The number of aryl methyl sites for hydroxylation is 2. The molecule has 20 heavy (non-hydrogen) atoms. The third kappa shape index (κ3) is 5.45. The predicted molar refractivity (Wildman–Crippen MR) is 83.8 cm³/mol. The van der Waals surface area contributed by atoms with Gasteiger partial charge in [-0.1, -0.05) is 61.9 Å². The van der Waals surface area contributed by atoms with Crippen molar-refractivity contribution in [3.8, 4) is 5.75 Å². The summed E-state index contributed by atoms with van der Waals surface area (Å²) in [7, 11) is 0. The van der Waals surface area contributed by atoms with E-state index in [2.05, 4.69) is 6.92 Å². The number of phenolic OH excluding ortho intramolecular Hbond substituents is 1. The average Bonchev–Trinajstić information content (AvgIpc) is 2.50. The minimum atomic E-state index is 0.140. The molecule has 2 nitrogen and oxygen atoms in total. The number of hydrogen-bond donors (Lipinski definition) is 2. The van der Waals surface area contributed by atoms with Crippen LogP contribution in [0.15, 0.2) is 48.5 Å². The highest BCUT2D eigenvalue weighted by Crippen LogP contribution is 2.22. The summed E-state index contributed by atoms with van der Waals surface area (Å²) in [6, 6.07) is 15.5. The lowest BCUT2D eigenvalue weighted by Gasteiger charge is -2.05. The lowest BCUT2D eigenvalue weighted by Crippen LogP contribution is -1.87. The summed E-state index contributed by atoms with van der Waals surface area (Å²) in [4.78, 5) is 0. The van der Waals surface area contributed by atoms with Crippen LogP contribution in [0, 0.1) is 6.92 Å². The van der Waals surface area contributed by atoms with E-state index in [4.69, 9.17) is 5.11 Å². The summed E-state index contributed by atoms with van der Waals surface area (Å²) in [6.45, 7) is 4.23. The summed E-state index contributed by atoms with van der Waals surface area (Å²) < 4.78 is 0. The first kappa shape index (κ1) is 16.3. The van der Waals surface area contributed by atoms with Gasteiger partial charge < -0.3 is 10.2 Å². The molecule has 0 unspecified atom stereocenters. The van der Waals surface area contributed by atoms with Crippen molar-refractivity contribution in [1.82, 2.24) is 0 Å². The molecule has 2 heteroatoms. The van der Waals surface area contributed by atoms with Crippen LogP contribution < -0.4 is 0 Å². The highest BCUT2D eigenvalue weighted by atomic mass is 16.3. The van der Waals surface area contributed by atoms with Crippen molar-refractivity contribution in [1.29, 1.82) is 0 Å². The van der Waals surface area contributed by atoms with Gasteiger partial charge in [0.2, 0.25) is 0 Å². The molecule has 0 radical (unpaired) electrons. The van der Waals surface area contributed by atoms with Gasteiger partial charge in [0.1, 0.15) is 5.75 Å². The Bertz CT molecular complexity index is 492. The highest BCUT2D eigenvalue weighted by Gasteiger charge is 2.01. The van der Waals surface area contributed by atoms with E-state index in [1.165, 1.54) is 6.42 Å². The fraction of sp³-hybridized carbons (Fsp3) is 0.333. The lowest BCUT2D eigenvalue weighted by molar-refractivity contribution is 0.282. The lowest BCUT2D eigenvalue weighted by atomic mass is 10.0. The molecule has 0 saturated carbocycles. The topological polar surface area (TPSA) is 40.5 Å². The van der Waals surface area contributed by atoms with E-state index < -0.39 is 0 Å². The Morgan fingerprint density at radius 3 is 2.20 bits per heavy atom. The van der Waals surface area contributed by atoms with Crippen LogP contribution in [0.2, 0.25) is 0 Å². The van der Waals surface area contributed by atoms with Crippen molar-refractivity contribution in [3.63, 3.8) is 0 Å². The van der Waals surface area contributed by atoms with Crippen LogP contribution in [0.4, 0.5) is 0 Å².